The number of methoxy groups -OCH3 is 2. The third kappa shape index (κ3) is 6.87. The molecule has 0 unspecified atom stereocenters. The molecule has 1 aliphatic rings. The molecule has 13 heteroatoms. The third-order valence-corrected chi connectivity index (χ3v) is 9.11. The highest BCUT2D eigenvalue weighted by Gasteiger charge is 2.42. The molecule has 0 aliphatic carbocycles. The fourth-order valence-electron chi connectivity index (χ4n) is 4.55. The van der Waals surface area contributed by atoms with Gasteiger partial charge in [0.2, 0.25) is 20.0 Å². The Bertz CT molecular complexity index is 1620. The van der Waals surface area contributed by atoms with E-state index in [0.29, 0.717) is 17.1 Å². The van der Waals surface area contributed by atoms with Gasteiger partial charge in [-0.15, -0.1) is 0 Å². The number of nitrogens with one attached hydrogen (secondary N) is 1. The van der Waals surface area contributed by atoms with Crippen molar-refractivity contribution in [2.45, 2.75) is 29.8 Å². The SMILES string of the molecule is COc1cccc(OC)c1-c1ccc(C[C@H](N=C(NS(C)(=O)=O)[C@@H]2CCN2S(=O)(=O)c2ccccc2)C(=O)O)cc1. The van der Waals surface area contributed by atoms with Gasteiger partial charge in [-0.25, -0.2) is 21.6 Å². The number of sulfonamides is 2. The highest BCUT2D eigenvalue weighted by molar-refractivity contribution is 7.89. The van der Waals surface area contributed by atoms with Gasteiger partial charge in [0, 0.05) is 13.0 Å². The standard InChI is InChI=1S/C28H31N3O8S2/c1-38-24-10-7-11-25(39-2)26(24)20-14-12-19(13-15-20)18-22(28(32)33)29-27(30-40(3,34)35)23-16-17-31(23)41(36,37)21-8-5-4-6-9-21/h4-15,22-23H,16-18H2,1-3H3,(H,29,30)(H,32,33)/t22-,23-/m0/s1. The summed E-state index contributed by atoms with van der Waals surface area (Å²) in [7, 11) is -4.74. The summed E-state index contributed by atoms with van der Waals surface area (Å²) in [5, 5.41) is 9.98. The van der Waals surface area contributed by atoms with Gasteiger partial charge in [0.1, 0.15) is 17.3 Å². The minimum Gasteiger partial charge on any atom is -0.496 e. The second-order valence-corrected chi connectivity index (χ2v) is 13.1. The number of hydrogen-bond donors (Lipinski definition) is 2. The molecule has 3 aromatic carbocycles. The summed E-state index contributed by atoms with van der Waals surface area (Å²) in [6, 6.07) is 17.9. The van der Waals surface area contributed by atoms with Crippen LogP contribution in [0.3, 0.4) is 0 Å². The Morgan fingerprint density at radius 1 is 0.976 bits per heavy atom. The van der Waals surface area contributed by atoms with Crippen LogP contribution in [0.4, 0.5) is 0 Å². The number of carboxylic acids is 1. The highest BCUT2D eigenvalue weighted by atomic mass is 32.2. The lowest BCUT2D eigenvalue weighted by atomic mass is 9.99. The molecule has 1 heterocycles. The average molecular weight is 602 g/mol. The van der Waals surface area contributed by atoms with Crippen molar-refractivity contribution in [2.75, 3.05) is 27.0 Å². The number of carbonyl (C=O) groups is 1. The molecule has 0 amide bonds. The van der Waals surface area contributed by atoms with E-state index in [1.807, 2.05) is 0 Å². The third-order valence-electron chi connectivity index (χ3n) is 6.61. The lowest BCUT2D eigenvalue weighted by Gasteiger charge is -2.40. The van der Waals surface area contributed by atoms with E-state index in [9.17, 15) is 26.7 Å². The second-order valence-electron chi connectivity index (χ2n) is 9.41. The van der Waals surface area contributed by atoms with Crippen LogP contribution >= 0.6 is 0 Å². The van der Waals surface area contributed by atoms with Crippen molar-refractivity contribution in [1.82, 2.24) is 9.03 Å². The lowest BCUT2D eigenvalue weighted by molar-refractivity contribution is -0.138. The van der Waals surface area contributed by atoms with Crippen LogP contribution < -0.4 is 14.2 Å². The number of ether oxygens (including phenoxy) is 2. The molecule has 1 aliphatic heterocycles. The predicted molar refractivity (Wildman–Crippen MR) is 154 cm³/mol. The van der Waals surface area contributed by atoms with Gasteiger partial charge in [0.15, 0.2) is 6.04 Å². The molecule has 41 heavy (non-hydrogen) atoms. The van der Waals surface area contributed by atoms with Gasteiger partial charge in [-0.2, -0.15) is 4.31 Å². The van der Waals surface area contributed by atoms with E-state index in [0.717, 1.165) is 21.7 Å². The minimum absolute atomic E-state index is 0.0463. The van der Waals surface area contributed by atoms with Crippen LogP contribution in [-0.4, -0.2) is 77.2 Å². The molecule has 2 atom stereocenters. The first-order valence-electron chi connectivity index (χ1n) is 12.6. The Hall–Kier alpha value is -3.94. The minimum atomic E-state index is -3.96. The Labute approximate surface area is 239 Å². The first kappa shape index (κ1) is 30.0. The Morgan fingerprint density at radius 2 is 1.59 bits per heavy atom. The van der Waals surface area contributed by atoms with E-state index < -0.39 is 38.1 Å². The van der Waals surface area contributed by atoms with Crippen LogP contribution in [0.25, 0.3) is 11.1 Å². The molecule has 2 N–H and O–H groups in total. The first-order valence-corrected chi connectivity index (χ1v) is 15.9. The monoisotopic (exact) mass is 601 g/mol. The van der Waals surface area contributed by atoms with Gasteiger partial charge < -0.3 is 14.6 Å². The van der Waals surface area contributed by atoms with Crippen LogP contribution in [0.15, 0.2) is 82.7 Å². The van der Waals surface area contributed by atoms with Crippen molar-refractivity contribution in [3.8, 4) is 22.6 Å². The molecule has 11 nitrogen and oxygen atoms in total. The Kier molecular flexibility index (Phi) is 9.00. The normalized spacial score (nSPS) is 16.9. The zero-order valence-electron chi connectivity index (χ0n) is 22.7. The van der Waals surface area contributed by atoms with Crippen LogP contribution in [0.2, 0.25) is 0 Å². The molecule has 0 bridgehead atoms. The lowest BCUT2D eigenvalue weighted by Crippen LogP contribution is -2.59. The largest absolute Gasteiger partial charge is 0.496 e. The fourth-order valence-corrected chi connectivity index (χ4v) is 6.77. The van der Waals surface area contributed by atoms with E-state index >= 15 is 0 Å². The van der Waals surface area contributed by atoms with Gasteiger partial charge in [0.25, 0.3) is 0 Å². The summed E-state index contributed by atoms with van der Waals surface area (Å²) < 4.78 is 65.1. The molecule has 0 aromatic heterocycles. The van der Waals surface area contributed by atoms with Gasteiger partial charge in [-0.3, -0.25) is 9.71 Å². The molecule has 1 fully saturated rings. The summed E-state index contributed by atoms with van der Waals surface area (Å²) in [5.74, 6) is -0.305. The van der Waals surface area contributed by atoms with Crippen LogP contribution in [0, 0.1) is 0 Å². The van der Waals surface area contributed by atoms with Gasteiger partial charge in [0.05, 0.1) is 37.0 Å². The quantitative estimate of drug-likeness (QED) is 0.252. The fraction of sp³-hybridized carbons (Fsp3) is 0.286. The number of amidine groups is 1. The average Bonchev–Trinajstić information content (AvgIpc) is 2.91. The van der Waals surface area contributed by atoms with Crippen LogP contribution in [-0.2, 0) is 31.3 Å². The maximum Gasteiger partial charge on any atom is 0.328 e. The molecule has 0 radical (unpaired) electrons. The maximum absolute atomic E-state index is 13.2. The predicted octanol–water partition coefficient (Wildman–Crippen LogP) is 2.78. The zero-order valence-corrected chi connectivity index (χ0v) is 24.4. The van der Waals surface area contributed by atoms with E-state index in [1.54, 1.807) is 74.9 Å². The highest BCUT2D eigenvalue weighted by Crippen LogP contribution is 2.38. The molecule has 3 aromatic rings. The molecular formula is C28H31N3O8S2. The van der Waals surface area contributed by atoms with Crippen molar-refractivity contribution in [1.29, 1.82) is 0 Å². The van der Waals surface area contributed by atoms with Crippen molar-refractivity contribution < 1.29 is 36.2 Å². The number of hydrogen-bond acceptors (Lipinski definition) is 8. The van der Waals surface area contributed by atoms with Crippen molar-refractivity contribution in [3.05, 3.63) is 78.4 Å². The van der Waals surface area contributed by atoms with E-state index in [-0.39, 0.29) is 30.1 Å². The summed E-state index contributed by atoms with van der Waals surface area (Å²) in [6.45, 7) is 0.137. The first-order chi connectivity index (χ1) is 19.4. The number of carboxylic acid groups (broad SMARTS) is 1. The molecule has 218 valence electrons. The molecule has 1 saturated heterocycles. The van der Waals surface area contributed by atoms with Crippen molar-refractivity contribution in [3.63, 3.8) is 0 Å². The summed E-state index contributed by atoms with van der Waals surface area (Å²) in [4.78, 5) is 16.5. The molecular weight excluding hydrogens is 570 g/mol. The van der Waals surface area contributed by atoms with Crippen molar-refractivity contribution >= 4 is 31.9 Å². The number of benzene rings is 3. The van der Waals surface area contributed by atoms with Gasteiger partial charge >= 0.3 is 5.97 Å². The number of rotatable bonds is 11. The van der Waals surface area contributed by atoms with Crippen LogP contribution in [0.1, 0.15) is 12.0 Å². The smallest absolute Gasteiger partial charge is 0.328 e. The topological polar surface area (TPSA) is 152 Å². The zero-order chi connectivity index (χ0) is 29.8. The number of nitrogens with zero attached hydrogens (tertiary/aromatic N) is 2. The van der Waals surface area contributed by atoms with Gasteiger partial charge in [-0.05, 0) is 41.8 Å². The number of aliphatic imine (C=N–C) groups is 1. The molecule has 0 saturated carbocycles. The van der Waals surface area contributed by atoms with E-state index in [2.05, 4.69) is 9.71 Å². The summed E-state index contributed by atoms with van der Waals surface area (Å²) >= 11 is 0. The maximum atomic E-state index is 13.2. The second kappa shape index (κ2) is 12.3. The number of aliphatic carboxylic acids is 1. The molecule has 0 spiro atoms. The van der Waals surface area contributed by atoms with Crippen LogP contribution in [0.5, 0.6) is 11.5 Å². The van der Waals surface area contributed by atoms with Crippen molar-refractivity contribution in [2.24, 2.45) is 4.99 Å². The molecule has 4 rings (SSSR count). The van der Waals surface area contributed by atoms with E-state index in [4.69, 9.17) is 9.47 Å². The van der Waals surface area contributed by atoms with Gasteiger partial charge in [-0.1, -0.05) is 48.5 Å². The Morgan fingerprint density at radius 3 is 2.07 bits per heavy atom. The summed E-state index contributed by atoms with van der Waals surface area (Å²) in [5.41, 5.74) is 2.15. The Balaban J connectivity index is 1.64. The van der Waals surface area contributed by atoms with E-state index in [1.165, 1.54) is 12.1 Å². The summed E-state index contributed by atoms with van der Waals surface area (Å²) in [6.07, 6.45) is 1.11.